The van der Waals surface area contributed by atoms with Crippen LogP contribution in [-0.2, 0) is 15.9 Å². The van der Waals surface area contributed by atoms with Crippen LogP contribution in [-0.4, -0.2) is 24.4 Å². The molecule has 0 saturated heterocycles. The van der Waals surface area contributed by atoms with Crippen LogP contribution in [0, 0.1) is 0 Å². The highest BCUT2D eigenvalue weighted by Gasteiger charge is 2.52. The number of hydrogen-bond donors (Lipinski definition) is 0. The highest BCUT2D eigenvalue weighted by atomic mass is 16.6. The summed E-state index contributed by atoms with van der Waals surface area (Å²) in [5.74, 6) is 0. The Labute approximate surface area is 200 Å². The molecule has 0 amide bonds. The summed E-state index contributed by atoms with van der Waals surface area (Å²) in [6.45, 7) is 13.2. The van der Waals surface area contributed by atoms with Crippen LogP contribution < -0.4 is 0 Å². The van der Waals surface area contributed by atoms with Crippen LogP contribution in [0.4, 0.5) is 0 Å². The normalized spacial score (nSPS) is 13.9. The standard InChI is InChI=1S/C30H54O2/c1-6-11-19-26-32-30(24-14-9-4,27-28-20-17-16-18-21-28)29(22-12-7-2,23-13-8-3)31-25-15-10-5/h16-18,20-21H,6-15,19,22-27H2,1-5H3. The third kappa shape index (κ3) is 9.56. The van der Waals surface area contributed by atoms with Crippen molar-refractivity contribution in [2.75, 3.05) is 13.2 Å². The summed E-state index contributed by atoms with van der Waals surface area (Å²) in [5, 5.41) is 0. The molecule has 0 aromatic heterocycles. The van der Waals surface area contributed by atoms with E-state index in [0.717, 1.165) is 51.7 Å². The van der Waals surface area contributed by atoms with Crippen molar-refractivity contribution in [3.05, 3.63) is 35.9 Å². The van der Waals surface area contributed by atoms with E-state index < -0.39 is 0 Å². The summed E-state index contributed by atoms with van der Waals surface area (Å²) in [6, 6.07) is 11.0. The van der Waals surface area contributed by atoms with Gasteiger partial charge in [-0.3, -0.25) is 0 Å². The lowest BCUT2D eigenvalue weighted by Crippen LogP contribution is -2.59. The van der Waals surface area contributed by atoms with E-state index >= 15 is 0 Å². The van der Waals surface area contributed by atoms with Gasteiger partial charge in [0.1, 0.15) is 5.60 Å². The SMILES string of the molecule is CCCCCOC(CCCC)(Cc1ccccc1)C(CCCC)(CCCC)OCCCC. The molecule has 0 aliphatic carbocycles. The minimum absolute atomic E-state index is 0.203. The molecule has 0 N–H and O–H groups in total. The molecule has 1 atom stereocenters. The van der Waals surface area contributed by atoms with Gasteiger partial charge in [0.2, 0.25) is 0 Å². The Morgan fingerprint density at radius 2 is 1.00 bits per heavy atom. The van der Waals surface area contributed by atoms with Crippen molar-refractivity contribution in [3.63, 3.8) is 0 Å². The van der Waals surface area contributed by atoms with Gasteiger partial charge in [-0.2, -0.15) is 0 Å². The fraction of sp³-hybridized carbons (Fsp3) is 0.800. The van der Waals surface area contributed by atoms with Crippen LogP contribution in [0.2, 0.25) is 0 Å². The van der Waals surface area contributed by atoms with Gasteiger partial charge < -0.3 is 9.47 Å². The first-order valence-corrected chi connectivity index (χ1v) is 13.9. The Hall–Kier alpha value is -0.860. The molecule has 0 bridgehead atoms. The maximum atomic E-state index is 7.10. The third-order valence-corrected chi connectivity index (χ3v) is 6.97. The molecule has 186 valence electrons. The van der Waals surface area contributed by atoms with Gasteiger partial charge in [-0.25, -0.2) is 0 Å². The lowest BCUT2D eigenvalue weighted by molar-refractivity contribution is -0.222. The molecule has 1 aromatic rings. The van der Waals surface area contributed by atoms with E-state index in [2.05, 4.69) is 65.0 Å². The molecule has 2 nitrogen and oxygen atoms in total. The largest absolute Gasteiger partial charge is 0.372 e. The quantitative estimate of drug-likeness (QED) is 0.175. The van der Waals surface area contributed by atoms with Crippen LogP contribution >= 0.6 is 0 Å². The zero-order valence-corrected chi connectivity index (χ0v) is 22.2. The van der Waals surface area contributed by atoms with Crippen molar-refractivity contribution in [1.82, 2.24) is 0 Å². The zero-order chi connectivity index (χ0) is 23.5. The van der Waals surface area contributed by atoms with Crippen LogP contribution in [0.25, 0.3) is 0 Å². The van der Waals surface area contributed by atoms with Gasteiger partial charge in [0.25, 0.3) is 0 Å². The maximum absolute atomic E-state index is 7.10. The second-order valence-corrected chi connectivity index (χ2v) is 9.72. The molecule has 0 saturated carbocycles. The lowest BCUT2D eigenvalue weighted by Gasteiger charge is -2.51. The van der Waals surface area contributed by atoms with E-state index in [1.54, 1.807) is 0 Å². The first-order valence-electron chi connectivity index (χ1n) is 13.9. The van der Waals surface area contributed by atoms with Crippen LogP contribution in [0.1, 0.15) is 130 Å². The molecule has 32 heavy (non-hydrogen) atoms. The minimum atomic E-state index is -0.254. The molecule has 1 rings (SSSR count). The van der Waals surface area contributed by atoms with Crippen molar-refractivity contribution < 1.29 is 9.47 Å². The Kier molecular flexibility index (Phi) is 16.0. The monoisotopic (exact) mass is 446 g/mol. The number of benzene rings is 1. The van der Waals surface area contributed by atoms with Crippen molar-refractivity contribution in [1.29, 1.82) is 0 Å². The molecule has 1 unspecified atom stereocenters. The Morgan fingerprint density at radius 3 is 1.53 bits per heavy atom. The van der Waals surface area contributed by atoms with Gasteiger partial charge in [-0.15, -0.1) is 0 Å². The molecule has 0 fully saturated rings. The van der Waals surface area contributed by atoms with Crippen molar-refractivity contribution in [2.45, 2.75) is 142 Å². The van der Waals surface area contributed by atoms with Gasteiger partial charge in [0.05, 0.1) is 5.60 Å². The highest BCUT2D eigenvalue weighted by Crippen LogP contribution is 2.45. The van der Waals surface area contributed by atoms with Gasteiger partial charge in [-0.05, 0) is 37.7 Å². The van der Waals surface area contributed by atoms with Gasteiger partial charge >= 0.3 is 0 Å². The van der Waals surface area contributed by atoms with E-state index in [4.69, 9.17) is 9.47 Å². The predicted octanol–water partition coefficient (Wildman–Crippen LogP) is 9.30. The zero-order valence-electron chi connectivity index (χ0n) is 22.2. The molecular formula is C30H54O2. The van der Waals surface area contributed by atoms with Gasteiger partial charge in [0.15, 0.2) is 0 Å². The number of rotatable bonds is 21. The number of unbranched alkanes of at least 4 members (excludes halogenated alkanes) is 6. The Balaban J connectivity index is 3.47. The van der Waals surface area contributed by atoms with Crippen molar-refractivity contribution in [2.24, 2.45) is 0 Å². The van der Waals surface area contributed by atoms with E-state index in [1.807, 2.05) is 0 Å². The molecule has 2 heteroatoms. The second kappa shape index (κ2) is 17.6. The topological polar surface area (TPSA) is 18.5 Å². The van der Waals surface area contributed by atoms with Gasteiger partial charge in [-0.1, -0.05) is 123 Å². The summed E-state index contributed by atoms with van der Waals surface area (Å²) < 4.78 is 14.1. The average molecular weight is 447 g/mol. The molecule has 0 aliphatic rings. The van der Waals surface area contributed by atoms with E-state index in [0.29, 0.717) is 0 Å². The molecule has 0 heterocycles. The fourth-order valence-corrected chi connectivity index (χ4v) is 4.93. The molecular weight excluding hydrogens is 392 g/mol. The van der Waals surface area contributed by atoms with Crippen LogP contribution in [0.15, 0.2) is 30.3 Å². The van der Waals surface area contributed by atoms with E-state index in [1.165, 1.54) is 63.4 Å². The van der Waals surface area contributed by atoms with Crippen molar-refractivity contribution >= 4 is 0 Å². The number of ether oxygens (including phenoxy) is 2. The van der Waals surface area contributed by atoms with Crippen LogP contribution in [0.5, 0.6) is 0 Å². The maximum Gasteiger partial charge on any atom is 0.101 e. The van der Waals surface area contributed by atoms with Crippen molar-refractivity contribution in [3.8, 4) is 0 Å². The summed E-state index contributed by atoms with van der Waals surface area (Å²) >= 11 is 0. The number of hydrogen-bond acceptors (Lipinski definition) is 2. The summed E-state index contributed by atoms with van der Waals surface area (Å²) in [5.41, 5.74) is 0.928. The third-order valence-electron chi connectivity index (χ3n) is 6.97. The Bertz CT molecular complexity index is 533. The Morgan fingerprint density at radius 1 is 0.531 bits per heavy atom. The van der Waals surface area contributed by atoms with E-state index in [-0.39, 0.29) is 11.2 Å². The summed E-state index contributed by atoms with van der Waals surface area (Å²) in [4.78, 5) is 0. The molecule has 1 aromatic carbocycles. The minimum Gasteiger partial charge on any atom is -0.372 e. The fourth-order valence-electron chi connectivity index (χ4n) is 4.93. The second-order valence-electron chi connectivity index (χ2n) is 9.72. The average Bonchev–Trinajstić information content (AvgIpc) is 2.82. The highest BCUT2D eigenvalue weighted by molar-refractivity contribution is 5.20. The predicted molar refractivity (Wildman–Crippen MR) is 141 cm³/mol. The van der Waals surface area contributed by atoms with Gasteiger partial charge in [0, 0.05) is 19.6 Å². The summed E-state index contributed by atoms with van der Waals surface area (Å²) in [6.07, 6.45) is 17.4. The first-order chi connectivity index (χ1) is 15.6. The molecule has 0 aliphatic heterocycles. The van der Waals surface area contributed by atoms with E-state index in [9.17, 15) is 0 Å². The molecule has 0 radical (unpaired) electrons. The first kappa shape index (κ1) is 29.2. The van der Waals surface area contributed by atoms with Crippen LogP contribution in [0.3, 0.4) is 0 Å². The summed E-state index contributed by atoms with van der Waals surface area (Å²) in [7, 11) is 0. The smallest absolute Gasteiger partial charge is 0.101 e. The lowest BCUT2D eigenvalue weighted by atomic mass is 9.69. The molecule has 0 spiro atoms.